The van der Waals surface area contributed by atoms with Crippen molar-refractivity contribution < 1.29 is 0 Å². The van der Waals surface area contributed by atoms with Crippen molar-refractivity contribution in [2.24, 2.45) is 0 Å². The van der Waals surface area contributed by atoms with Crippen LogP contribution < -0.4 is 4.90 Å². The second-order valence-corrected chi connectivity index (χ2v) is 15.2. The van der Waals surface area contributed by atoms with E-state index < -0.39 is 0 Å². The van der Waals surface area contributed by atoms with Crippen LogP contribution in [-0.2, 0) is 0 Å². The van der Waals surface area contributed by atoms with Gasteiger partial charge in [0.1, 0.15) is 0 Å². The molecule has 0 spiro atoms. The number of benzene rings is 9. The molecule has 0 saturated heterocycles. The van der Waals surface area contributed by atoms with Gasteiger partial charge < -0.3 is 9.47 Å². The van der Waals surface area contributed by atoms with Gasteiger partial charge in [0.25, 0.3) is 0 Å². The van der Waals surface area contributed by atoms with Crippen molar-refractivity contribution in [2.45, 2.75) is 0 Å². The van der Waals surface area contributed by atoms with Crippen molar-refractivity contribution >= 4 is 81.1 Å². The smallest absolute Gasteiger partial charge is 0.0782 e. The molecule has 3 heteroatoms. The van der Waals surface area contributed by atoms with Crippen LogP contribution in [-0.4, -0.2) is 4.57 Å². The van der Waals surface area contributed by atoms with Gasteiger partial charge in [-0.1, -0.05) is 152 Å². The van der Waals surface area contributed by atoms with Gasteiger partial charge in [-0.3, -0.25) is 0 Å². The van der Waals surface area contributed by atoms with E-state index in [1.165, 1.54) is 75.0 Å². The summed E-state index contributed by atoms with van der Waals surface area (Å²) in [6.45, 7) is 0. The van der Waals surface area contributed by atoms with Crippen LogP contribution in [0.15, 0.2) is 206 Å². The molecule has 0 N–H and O–H groups in total. The van der Waals surface area contributed by atoms with Crippen LogP contribution in [0.2, 0.25) is 0 Å². The van der Waals surface area contributed by atoms with Gasteiger partial charge in [0.2, 0.25) is 0 Å². The molecule has 0 aliphatic carbocycles. The van der Waals surface area contributed by atoms with E-state index in [4.69, 9.17) is 0 Å². The Morgan fingerprint density at radius 1 is 0.400 bits per heavy atom. The Balaban J connectivity index is 1.12. The average Bonchev–Trinajstić information content (AvgIpc) is 3.81. The van der Waals surface area contributed by atoms with Crippen LogP contribution >= 0.6 is 11.3 Å². The van der Waals surface area contributed by atoms with Crippen LogP contribution in [0.3, 0.4) is 0 Å². The minimum Gasteiger partial charge on any atom is -0.308 e. The van der Waals surface area contributed by atoms with Gasteiger partial charge in [-0.2, -0.15) is 0 Å². The molecule has 0 radical (unpaired) electrons. The van der Waals surface area contributed by atoms with Gasteiger partial charge >= 0.3 is 0 Å². The lowest BCUT2D eigenvalue weighted by atomic mass is 9.96. The van der Waals surface area contributed by atoms with E-state index in [-0.39, 0.29) is 0 Å². The quantitative estimate of drug-likeness (QED) is 0.166. The van der Waals surface area contributed by atoms with Crippen molar-refractivity contribution in [3.63, 3.8) is 0 Å². The molecular formula is C52H34N2S. The second-order valence-electron chi connectivity index (χ2n) is 14.1. The molecule has 0 unspecified atom stereocenters. The number of fused-ring (bicyclic) bond motifs is 8. The molecule has 0 bridgehead atoms. The number of anilines is 3. The highest BCUT2D eigenvalue weighted by Crippen LogP contribution is 2.46. The summed E-state index contributed by atoms with van der Waals surface area (Å²) >= 11 is 1.89. The summed E-state index contributed by atoms with van der Waals surface area (Å²) in [6.07, 6.45) is 0. The molecule has 258 valence electrons. The Morgan fingerprint density at radius 3 is 1.80 bits per heavy atom. The molecule has 0 aliphatic rings. The fourth-order valence-corrected chi connectivity index (χ4v) is 9.74. The van der Waals surface area contributed by atoms with Crippen molar-refractivity contribution in [2.75, 3.05) is 4.90 Å². The minimum atomic E-state index is 1.10. The maximum atomic E-state index is 2.42. The van der Waals surface area contributed by atoms with Crippen molar-refractivity contribution in [1.82, 2.24) is 4.57 Å². The lowest BCUT2D eigenvalue weighted by Gasteiger charge is -2.27. The van der Waals surface area contributed by atoms with Gasteiger partial charge in [0, 0.05) is 53.4 Å². The number of thiophene rings is 1. The van der Waals surface area contributed by atoms with Crippen LogP contribution in [0.1, 0.15) is 0 Å². The predicted molar refractivity (Wildman–Crippen MR) is 237 cm³/mol. The maximum Gasteiger partial charge on any atom is 0.0782 e. The molecule has 0 saturated carbocycles. The fourth-order valence-electron chi connectivity index (χ4n) is 8.47. The van der Waals surface area contributed by atoms with Crippen LogP contribution in [0.4, 0.5) is 17.1 Å². The molecule has 0 atom stereocenters. The topological polar surface area (TPSA) is 8.17 Å². The van der Waals surface area contributed by atoms with Crippen LogP contribution in [0.5, 0.6) is 0 Å². The first-order chi connectivity index (χ1) is 27.3. The first-order valence-electron chi connectivity index (χ1n) is 18.8. The first-order valence-corrected chi connectivity index (χ1v) is 19.6. The summed E-state index contributed by atoms with van der Waals surface area (Å²) in [7, 11) is 0. The van der Waals surface area contributed by atoms with E-state index in [0.717, 1.165) is 22.7 Å². The summed E-state index contributed by atoms with van der Waals surface area (Å²) < 4.78 is 5.09. The zero-order chi connectivity index (χ0) is 36.3. The highest BCUT2D eigenvalue weighted by Gasteiger charge is 2.22. The third-order valence-corrected chi connectivity index (χ3v) is 12.2. The van der Waals surface area contributed by atoms with Gasteiger partial charge in [-0.25, -0.2) is 0 Å². The van der Waals surface area contributed by atoms with Gasteiger partial charge in [-0.05, 0) is 82.2 Å². The SMILES string of the molecule is c1ccc(-c2ccc(N(c3ccc(-c4cccc5ccc6c7ccccc7sc6c45)cc3)c3cccc4c5ccccc5n(-c5ccccc5)c34)cc2)cc1. The predicted octanol–water partition coefficient (Wildman–Crippen LogP) is 15.1. The van der Waals surface area contributed by atoms with E-state index >= 15 is 0 Å². The van der Waals surface area contributed by atoms with Gasteiger partial charge in [-0.15, -0.1) is 11.3 Å². The second kappa shape index (κ2) is 12.9. The van der Waals surface area contributed by atoms with Gasteiger partial charge in [0.05, 0.1) is 16.7 Å². The van der Waals surface area contributed by atoms with Crippen molar-refractivity contribution in [3.05, 3.63) is 206 Å². The number of rotatable bonds is 6. The minimum absolute atomic E-state index is 1.10. The Kier molecular flexibility index (Phi) is 7.39. The van der Waals surface area contributed by atoms with E-state index in [1.807, 2.05) is 11.3 Å². The standard InChI is InChI=1S/C52H34N2S/c1-3-13-35(14-4-1)36-25-30-40(31-26-36)53(48-23-12-21-45-43-18-7-9-22-47(43)54(51(45)48)39-16-5-2-6-17-39)41-32-27-37(28-33-41)42-20-11-15-38-29-34-46-44-19-8-10-24-49(44)55-52(46)50(38)42/h1-34H. The van der Waals surface area contributed by atoms with Gasteiger partial charge in [0.15, 0.2) is 0 Å². The molecule has 0 fully saturated rings. The van der Waals surface area contributed by atoms with E-state index in [0.29, 0.717) is 0 Å². The largest absolute Gasteiger partial charge is 0.308 e. The number of nitrogens with zero attached hydrogens (tertiary/aromatic N) is 2. The summed E-state index contributed by atoms with van der Waals surface area (Å²) in [5, 5.41) is 7.69. The number of para-hydroxylation sites is 3. The zero-order valence-corrected chi connectivity index (χ0v) is 30.7. The van der Waals surface area contributed by atoms with E-state index in [9.17, 15) is 0 Å². The third-order valence-electron chi connectivity index (χ3n) is 11.0. The summed E-state index contributed by atoms with van der Waals surface area (Å²) in [4.78, 5) is 2.42. The maximum absolute atomic E-state index is 2.42. The normalized spacial score (nSPS) is 11.6. The molecule has 2 heterocycles. The molecule has 55 heavy (non-hydrogen) atoms. The molecule has 2 aromatic heterocycles. The molecule has 9 aromatic carbocycles. The Bertz CT molecular complexity index is 3180. The molecule has 11 aromatic rings. The number of hydrogen-bond acceptors (Lipinski definition) is 2. The summed E-state index contributed by atoms with van der Waals surface area (Å²) in [5.74, 6) is 0. The number of aromatic nitrogens is 1. The average molecular weight is 719 g/mol. The Morgan fingerprint density at radius 2 is 1.02 bits per heavy atom. The van der Waals surface area contributed by atoms with Crippen molar-refractivity contribution in [3.8, 4) is 27.9 Å². The fraction of sp³-hybridized carbons (Fsp3) is 0. The molecule has 0 aliphatic heterocycles. The molecule has 11 rings (SSSR count). The first kappa shape index (κ1) is 31.6. The monoisotopic (exact) mass is 718 g/mol. The summed E-state index contributed by atoms with van der Waals surface area (Å²) in [6, 6.07) is 75.0. The zero-order valence-electron chi connectivity index (χ0n) is 29.9. The lowest BCUT2D eigenvalue weighted by Crippen LogP contribution is -2.11. The lowest BCUT2D eigenvalue weighted by molar-refractivity contribution is 1.17. The Labute approximate surface area is 323 Å². The highest BCUT2D eigenvalue weighted by atomic mass is 32.1. The van der Waals surface area contributed by atoms with E-state index in [1.54, 1.807) is 0 Å². The number of hydrogen-bond donors (Lipinski definition) is 0. The molecular weight excluding hydrogens is 685 g/mol. The molecule has 0 amide bonds. The highest BCUT2D eigenvalue weighted by molar-refractivity contribution is 7.26. The molecule has 2 nitrogen and oxygen atoms in total. The van der Waals surface area contributed by atoms with Crippen LogP contribution in [0, 0.1) is 0 Å². The van der Waals surface area contributed by atoms with Crippen LogP contribution in [0.25, 0.3) is 80.7 Å². The van der Waals surface area contributed by atoms with E-state index in [2.05, 4.69) is 216 Å². The summed E-state index contributed by atoms with van der Waals surface area (Å²) in [5.41, 5.74) is 11.7. The van der Waals surface area contributed by atoms with Crippen molar-refractivity contribution in [1.29, 1.82) is 0 Å². The third kappa shape index (κ3) is 5.16. The Hall–Kier alpha value is -6.94.